The molecule has 1 aromatic rings. The molecule has 20 heavy (non-hydrogen) atoms. The summed E-state index contributed by atoms with van der Waals surface area (Å²) in [7, 11) is 0. The predicted octanol–water partition coefficient (Wildman–Crippen LogP) is 1.18. The number of pyridine rings is 1. The molecule has 1 aliphatic rings. The molecule has 1 aliphatic heterocycles. The van der Waals surface area contributed by atoms with Crippen LogP contribution in [0.1, 0.15) is 36.1 Å². The second kappa shape index (κ2) is 5.75. The number of thiocarbonyl (C=S) groups is 1. The molecule has 6 heteroatoms. The topological polar surface area (TPSA) is 85.2 Å². The molecule has 0 radical (unpaired) electrons. The molecule has 1 saturated heterocycles. The van der Waals surface area contributed by atoms with Crippen molar-refractivity contribution in [3.05, 3.63) is 22.9 Å². The van der Waals surface area contributed by atoms with Gasteiger partial charge < -0.3 is 16.4 Å². The van der Waals surface area contributed by atoms with Gasteiger partial charge in [0.25, 0.3) is 0 Å². The number of aromatic nitrogens is 1. The highest BCUT2D eigenvalue weighted by atomic mass is 32.1. The molecule has 0 aromatic carbocycles. The average molecular weight is 292 g/mol. The molecule has 2 rings (SSSR count). The molecule has 108 valence electrons. The quantitative estimate of drug-likeness (QED) is 0.817. The van der Waals surface area contributed by atoms with Crippen LogP contribution in [0, 0.1) is 13.8 Å². The van der Waals surface area contributed by atoms with Crippen molar-refractivity contribution in [2.24, 2.45) is 11.5 Å². The van der Waals surface area contributed by atoms with Crippen molar-refractivity contribution in [3.8, 4) is 0 Å². The van der Waals surface area contributed by atoms with Crippen molar-refractivity contribution in [3.63, 3.8) is 0 Å². The Bertz CT molecular complexity index is 558. The molecule has 0 spiro atoms. The highest BCUT2D eigenvalue weighted by molar-refractivity contribution is 7.80. The Morgan fingerprint density at radius 3 is 2.70 bits per heavy atom. The van der Waals surface area contributed by atoms with Crippen LogP contribution in [0.15, 0.2) is 6.07 Å². The Morgan fingerprint density at radius 1 is 1.40 bits per heavy atom. The number of piperidine rings is 1. The van der Waals surface area contributed by atoms with Crippen molar-refractivity contribution in [1.82, 2.24) is 4.98 Å². The van der Waals surface area contributed by atoms with Crippen molar-refractivity contribution < 1.29 is 4.79 Å². The molecule has 1 atom stereocenters. The summed E-state index contributed by atoms with van der Waals surface area (Å²) in [5.41, 5.74) is 14.0. The first-order valence-corrected chi connectivity index (χ1v) is 7.16. The summed E-state index contributed by atoms with van der Waals surface area (Å²) in [4.78, 5) is 18.5. The number of anilines is 1. The number of carbonyl (C=O) groups is 1. The maximum atomic E-state index is 11.7. The highest BCUT2D eigenvalue weighted by Gasteiger charge is 2.30. The Labute approximate surface area is 124 Å². The lowest BCUT2D eigenvalue weighted by Gasteiger charge is -2.36. The van der Waals surface area contributed by atoms with Crippen molar-refractivity contribution in [1.29, 1.82) is 0 Å². The van der Waals surface area contributed by atoms with E-state index in [-0.39, 0.29) is 11.9 Å². The molecule has 1 amide bonds. The molecule has 0 aliphatic carbocycles. The van der Waals surface area contributed by atoms with E-state index < -0.39 is 0 Å². The van der Waals surface area contributed by atoms with Crippen LogP contribution in [0.25, 0.3) is 0 Å². The molecule has 1 aromatic heterocycles. The van der Waals surface area contributed by atoms with Gasteiger partial charge in [-0.1, -0.05) is 12.2 Å². The lowest BCUT2D eigenvalue weighted by atomic mass is 9.99. The fourth-order valence-corrected chi connectivity index (χ4v) is 3.06. The smallest absolute Gasteiger partial charge is 0.240 e. The fourth-order valence-electron chi connectivity index (χ4n) is 2.81. The van der Waals surface area contributed by atoms with Crippen LogP contribution in [0.3, 0.4) is 0 Å². The number of hydrogen-bond donors (Lipinski definition) is 2. The molecule has 2 heterocycles. The van der Waals surface area contributed by atoms with Gasteiger partial charge in [-0.15, -0.1) is 0 Å². The first-order chi connectivity index (χ1) is 9.41. The zero-order valence-electron chi connectivity index (χ0n) is 11.8. The van der Waals surface area contributed by atoms with Crippen LogP contribution < -0.4 is 16.4 Å². The van der Waals surface area contributed by atoms with E-state index in [1.165, 1.54) is 0 Å². The normalized spacial score (nSPS) is 18.9. The maximum Gasteiger partial charge on any atom is 0.240 e. The predicted molar refractivity (Wildman–Crippen MR) is 83.8 cm³/mol. The zero-order valence-corrected chi connectivity index (χ0v) is 12.7. The van der Waals surface area contributed by atoms with Gasteiger partial charge in [-0.3, -0.25) is 4.79 Å². The second-order valence-corrected chi connectivity index (χ2v) is 5.69. The Kier molecular flexibility index (Phi) is 4.23. The van der Waals surface area contributed by atoms with Gasteiger partial charge in [-0.2, -0.15) is 0 Å². The molecule has 5 nitrogen and oxygen atoms in total. The standard InChI is InChI=1S/C14H20N4OS/c1-8-7-9(2)17-14(11(8)13(16)20)18-6-4-3-5-10(18)12(15)19/h7,10H,3-6H2,1-2H3,(H2,15,19)(H2,16,20). The largest absolute Gasteiger partial charge is 0.389 e. The fraction of sp³-hybridized carbons (Fsp3) is 0.500. The van der Waals surface area contributed by atoms with E-state index >= 15 is 0 Å². The van der Waals surface area contributed by atoms with Crippen molar-refractivity contribution in [2.75, 3.05) is 11.4 Å². The number of nitrogens with two attached hydrogens (primary N) is 2. The maximum absolute atomic E-state index is 11.7. The second-order valence-electron chi connectivity index (χ2n) is 5.25. The van der Waals surface area contributed by atoms with E-state index in [0.717, 1.165) is 42.6 Å². The monoisotopic (exact) mass is 292 g/mol. The molecular weight excluding hydrogens is 272 g/mol. The van der Waals surface area contributed by atoms with E-state index in [1.807, 2.05) is 24.8 Å². The molecule has 0 bridgehead atoms. The van der Waals surface area contributed by atoms with E-state index in [2.05, 4.69) is 4.98 Å². The van der Waals surface area contributed by atoms with Gasteiger partial charge in [0, 0.05) is 12.2 Å². The number of nitrogens with zero attached hydrogens (tertiary/aromatic N) is 2. The summed E-state index contributed by atoms with van der Waals surface area (Å²) < 4.78 is 0. The minimum absolute atomic E-state index is 0.304. The summed E-state index contributed by atoms with van der Waals surface area (Å²) in [5, 5.41) is 0. The van der Waals surface area contributed by atoms with Gasteiger partial charge >= 0.3 is 0 Å². The first-order valence-electron chi connectivity index (χ1n) is 6.76. The Morgan fingerprint density at radius 2 is 2.10 bits per heavy atom. The van der Waals surface area contributed by atoms with E-state index in [0.29, 0.717) is 10.8 Å². The highest BCUT2D eigenvalue weighted by Crippen LogP contribution is 2.28. The average Bonchev–Trinajstić information content (AvgIpc) is 2.37. The van der Waals surface area contributed by atoms with Gasteiger partial charge in [0.1, 0.15) is 16.8 Å². The molecular formula is C14H20N4OS. The molecule has 4 N–H and O–H groups in total. The minimum atomic E-state index is -0.328. The van der Waals surface area contributed by atoms with Crippen LogP contribution in [0.2, 0.25) is 0 Å². The number of aryl methyl sites for hydroxylation is 2. The molecule has 1 fully saturated rings. The van der Waals surface area contributed by atoms with Gasteiger partial charge in [0.05, 0.1) is 5.56 Å². The first kappa shape index (κ1) is 14.7. The third kappa shape index (κ3) is 2.75. The zero-order chi connectivity index (χ0) is 14.9. The van der Waals surface area contributed by atoms with Crippen LogP contribution >= 0.6 is 12.2 Å². The minimum Gasteiger partial charge on any atom is -0.389 e. The number of rotatable bonds is 3. The summed E-state index contributed by atoms with van der Waals surface area (Å²) in [6.45, 7) is 4.62. The van der Waals surface area contributed by atoms with Gasteiger partial charge in [0.2, 0.25) is 5.91 Å². The number of carbonyl (C=O) groups excluding carboxylic acids is 1. The summed E-state index contributed by atoms with van der Waals surface area (Å²) in [5.74, 6) is 0.373. The van der Waals surface area contributed by atoms with Crippen molar-refractivity contribution >= 4 is 28.9 Å². The van der Waals surface area contributed by atoms with Crippen LogP contribution in [0.4, 0.5) is 5.82 Å². The molecule has 0 saturated carbocycles. The van der Waals surface area contributed by atoms with E-state index in [4.69, 9.17) is 23.7 Å². The number of amides is 1. The summed E-state index contributed by atoms with van der Waals surface area (Å²) in [6, 6.07) is 1.62. The number of hydrogen-bond acceptors (Lipinski definition) is 4. The van der Waals surface area contributed by atoms with Crippen LogP contribution in [0.5, 0.6) is 0 Å². The number of primary amides is 1. The summed E-state index contributed by atoms with van der Waals surface area (Å²) >= 11 is 5.15. The van der Waals surface area contributed by atoms with Crippen molar-refractivity contribution in [2.45, 2.75) is 39.2 Å². The third-order valence-corrected chi connectivity index (χ3v) is 3.88. The molecule has 1 unspecified atom stereocenters. The SMILES string of the molecule is Cc1cc(C)c(C(N)=S)c(N2CCCCC2C(N)=O)n1. The van der Waals surface area contributed by atoms with Gasteiger partial charge in [0.15, 0.2) is 0 Å². The van der Waals surface area contributed by atoms with Gasteiger partial charge in [-0.05, 0) is 44.7 Å². The lowest BCUT2D eigenvalue weighted by molar-refractivity contribution is -0.119. The van der Waals surface area contributed by atoms with E-state index in [9.17, 15) is 4.79 Å². The van der Waals surface area contributed by atoms with Gasteiger partial charge in [-0.25, -0.2) is 4.98 Å². The van der Waals surface area contributed by atoms with Crippen LogP contribution in [-0.4, -0.2) is 28.5 Å². The van der Waals surface area contributed by atoms with Crippen LogP contribution in [-0.2, 0) is 4.79 Å². The Balaban J connectivity index is 2.54. The third-order valence-electron chi connectivity index (χ3n) is 3.68. The summed E-state index contributed by atoms with van der Waals surface area (Å²) in [6.07, 6.45) is 2.76. The lowest BCUT2D eigenvalue weighted by Crippen LogP contribution is -2.49. The van der Waals surface area contributed by atoms with E-state index in [1.54, 1.807) is 0 Å². The Hall–Kier alpha value is -1.69.